The van der Waals surface area contributed by atoms with Crippen LogP contribution in [0.15, 0.2) is 11.4 Å². The number of aliphatic hydroxyl groups excluding tert-OH is 1. The largest absolute Gasteiger partial charge is 0.394 e. The first-order chi connectivity index (χ1) is 8.15. The van der Waals surface area contributed by atoms with E-state index in [2.05, 4.69) is 27.9 Å². The van der Waals surface area contributed by atoms with Crippen LogP contribution in [0.4, 0.5) is 0 Å². The van der Waals surface area contributed by atoms with E-state index in [4.69, 9.17) is 4.74 Å². The minimum atomic E-state index is -0.511. The van der Waals surface area contributed by atoms with Gasteiger partial charge in [-0.1, -0.05) is 0 Å². The summed E-state index contributed by atoms with van der Waals surface area (Å²) >= 11 is 3.73. The molecule has 0 aliphatic carbocycles. The summed E-state index contributed by atoms with van der Waals surface area (Å²) in [7, 11) is 0. The summed E-state index contributed by atoms with van der Waals surface area (Å²) in [6.07, 6.45) is 1.33. The fraction of sp³-hybridized carbons (Fsp3) is 0.545. The number of aliphatic hydroxyl groups is 1. The summed E-state index contributed by atoms with van der Waals surface area (Å²) < 4.78 is 6.34. The second-order valence-electron chi connectivity index (χ2n) is 4.14. The minimum Gasteiger partial charge on any atom is -0.394 e. The molecule has 17 heavy (non-hydrogen) atoms. The van der Waals surface area contributed by atoms with Crippen LogP contribution in [0.25, 0.3) is 0 Å². The number of carbonyl (C=O) groups is 1. The van der Waals surface area contributed by atoms with Gasteiger partial charge in [0.15, 0.2) is 0 Å². The zero-order chi connectivity index (χ0) is 12.3. The van der Waals surface area contributed by atoms with Gasteiger partial charge in [0.1, 0.15) is 0 Å². The van der Waals surface area contributed by atoms with Crippen LogP contribution in [-0.2, 0) is 4.74 Å². The minimum absolute atomic E-state index is 0.0384. The maximum atomic E-state index is 12.0. The topological polar surface area (TPSA) is 58.6 Å². The molecule has 94 valence electrons. The highest BCUT2D eigenvalue weighted by molar-refractivity contribution is 14.1. The third-order valence-electron chi connectivity index (χ3n) is 2.96. The molecule has 0 spiro atoms. The zero-order valence-electron chi connectivity index (χ0n) is 9.24. The van der Waals surface area contributed by atoms with Crippen molar-refractivity contribution in [3.63, 3.8) is 0 Å². The van der Waals surface area contributed by atoms with Crippen LogP contribution in [0.1, 0.15) is 23.2 Å². The lowest BCUT2D eigenvalue weighted by Crippen LogP contribution is -2.54. The molecule has 0 atom stereocenters. The van der Waals surface area contributed by atoms with Crippen molar-refractivity contribution in [2.45, 2.75) is 18.4 Å². The molecule has 1 aliphatic rings. The van der Waals surface area contributed by atoms with E-state index < -0.39 is 5.54 Å². The average Bonchev–Trinajstić information content (AvgIpc) is 2.77. The first kappa shape index (κ1) is 13.3. The highest BCUT2D eigenvalue weighted by Gasteiger charge is 2.33. The molecule has 2 N–H and O–H groups in total. The Morgan fingerprint density at radius 3 is 2.82 bits per heavy atom. The number of carbonyl (C=O) groups excluding carboxylic acids is 1. The van der Waals surface area contributed by atoms with Crippen molar-refractivity contribution in [1.29, 1.82) is 0 Å². The van der Waals surface area contributed by atoms with E-state index >= 15 is 0 Å². The van der Waals surface area contributed by atoms with Crippen molar-refractivity contribution in [2.75, 3.05) is 19.8 Å². The number of hydrogen-bond donors (Lipinski definition) is 2. The molecular weight excluding hydrogens is 353 g/mol. The maximum Gasteiger partial charge on any atom is 0.252 e. The fourth-order valence-corrected chi connectivity index (χ4v) is 3.15. The molecule has 2 heterocycles. The Balaban J connectivity index is 2.05. The van der Waals surface area contributed by atoms with Crippen molar-refractivity contribution in [3.8, 4) is 0 Å². The molecule has 1 aromatic heterocycles. The molecule has 1 fully saturated rings. The average molecular weight is 367 g/mol. The number of thiophene rings is 1. The van der Waals surface area contributed by atoms with Crippen LogP contribution in [0.3, 0.4) is 0 Å². The lowest BCUT2D eigenvalue weighted by Gasteiger charge is -2.36. The van der Waals surface area contributed by atoms with Gasteiger partial charge in [0.2, 0.25) is 0 Å². The number of amides is 1. The van der Waals surface area contributed by atoms with Crippen LogP contribution in [-0.4, -0.2) is 36.4 Å². The van der Waals surface area contributed by atoms with E-state index in [0.717, 1.165) is 2.88 Å². The Morgan fingerprint density at radius 2 is 2.29 bits per heavy atom. The van der Waals surface area contributed by atoms with Crippen LogP contribution in [0.5, 0.6) is 0 Å². The number of ether oxygens (including phenoxy) is 1. The van der Waals surface area contributed by atoms with Gasteiger partial charge in [-0.25, -0.2) is 0 Å². The molecule has 1 aromatic rings. The van der Waals surface area contributed by atoms with Gasteiger partial charge in [0, 0.05) is 18.6 Å². The molecule has 1 aliphatic heterocycles. The highest BCUT2D eigenvalue weighted by Crippen LogP contribution is 2.22. The van der Waals surface area contributed by atoms with Gasteiger partial charge in [-0.15, -0.1) is 11.3 Å². The third kappa shape index (κ3) is 3.18. The van der Waals surface area contributed by atoms with Gasteiger partial charge in [-0.2, -0.15) is 0 Å². The Bertz CT molecular complexity index is 401. The van der Waals surface area contributed by atoms with E-state index in [9.17, 15) is 9.90 Å². The third-order valence-corrected chi connectivity index (χ3v) is 4.75. The van der Waals surface area contributed by atoms with Crippen molar-refractivity contribution in [1.82, 2.24) is 5.32 Å². The van der Waals surface area contributed by atoms with Gasteiger partial charge in [0.05, 0.1) is 20.6 Å². The molecule has 6 heteroatoms. The lowest BCUT2D eigenvalue weighted by atomic mass is 9.90. The first-order valence-electron chi connectivity index (χ1n) is 5.40. The molecule has 1 saturated heterocycles. The predicted molar refractivity (Wildman–Crippen MR) is 74.4 cm³/mol. The van der Waals surface area contributed by atoms with E-state index in [-0.39, 0.29) is 12.5 Å². The van der Waals surface area contributed by atoms with Crippen LogP contribution < -0.4 is 5.32 Å². The normalized spacial score (nSPS) is 18.9. The summed E-state index contributed by atoms with van der Waals surface area (Å²) in [5.41, 5.74) is 0.154. The highest BCUT2D eigenvalue weighted by atomic mass is 127. The molecule has 4 nitrogen and oxygen atoms in total. The van der Waals surface area contributed by atoms with Gasteiger partial charge >= 0.3 is 0 Å². The zero-order valence-corrected chi connectivity index (χ0v) is 12.2. The number of hydrogen-bond acceptors (Lipinski definition) is 4. The van der Waals surface area contributed by atoms with Gasteiger partial charge in [-0.3, -0.25) is 4.79 Å². The molecule has 1 amide bonds. The Hall–Kier alpha value is -0.180. The van der Waals surface area contributed by atoms with Crippen LogP contribution >= 0.6 is 33.9 Å². The van der Waals surface area contributed by atoms with E-state index in [0.29, 0.717) is 31.6 Å². The smallest absolute Gasteiger partial charge is 0.252 e. The Kier molecular flexibility index (Phi) is 4.40. The number of halogens is 1. The van der Waals surface area contributed by atoms with E-state index in [1.165, 1.54) is 11.3 Å². The standard InChI is InChI=1S/C11H14INO3S/c12-9-5-8(6-17-9)10(15)13-11(7-14)1-3-16-4-2-11/h5-6,14H,1-4,7H2,(H,13,15). The maximum absolute atomic E-state index is 12.0. The van der Waals surface area contributed by atoms with Gasteiger partial charge in [0.25, 0.3) is 5.91 Å². The summed E-state index contributed by atoms with van der Waals surface area (Å²) in [5.74, 6) is -0.111. The van der Waals surface area contributed by atoms with Gasteiger partial charge in [-0.05, 0) is 41.5 Å². The second-order valence-corrected chi connectivity index (χ2v) is 6.95. The molecule has 2 rings (SSSR count). The summed E-state index contributed by atoms with van der Waals surface area (Å²) in [6, 6.07) is 1.85. The molecule has 0 saturated carbocycles. The monoisotopic (exact) mass is 367 g/mol. The van der Waals surface area contributed by atoms with Crippen molar-refractivity contribution >= 4 is 39.8 Å². The van der Waals surface area contributed by atoms with E-state index in [1.54, 1.807) is 0 Å². The van der Waals surface area contributed by atoms with Crippen molar-refractivity contribution < 1.29 is 14.6 Å². The summed E-state index contributed by atoms with van der Waals surface area (Å²) in [6.45, 7) is 1.13. The Labute approximate surface area is 118 Å². The number of nitrogens with one attached hydrogen (secondary N) is 1. The van der Waals surface area contributed by atoms with E-state index in [1.807, 2.05) is 11.4 Å². The molecule has 0 unspecified atom stereocenters. The fourth-order valence-electron chi connectivity index (χ4n) is 1.83. The molecule has 0 bridgehead atoms. The van der Waals surface area contributed by atoms with Gasteiger partial charge < -0.3 is 15.2 Å². The molecule has 0 aromatic carbocycles. The predicted octanol–water partition coefficient (Wildman–Crippen LogP) is 1.62. The first-order valence-corrected chi connectivity index (χ1v) is 7.36. The molecule has 0 radical (unpaired) electrons. The molecular formula is C11H14INO3S. The number of rotatable bonds is 3. The van der Waals surface area contributed by atoms with Crippen molar-refractivity contribution in [2.24, 2.45) is 0 Å². The van der Waals surface area contributed by atoms with Crippen molar-refractivity contribution in [3.05, 3.63) is 19.9 Å². The summed E-state index contributed by atoms with van der Waals surface area (Å²) in [5, 5.41) is 14.3. The SMILES string of the molecule is O=C(NC1(CO)CCOCC1)c1csc(I)c1. The van der Waals surface area contributed by atoms with Crippen LogP contribution in [0.2, 0.25) is 0 Å². The Morgan fingerprint density at radius 1 is 1.59 bits per heavy atom. The second kappa shape index (κ2) is 5.64. The van der Waals surface area contributed by atoms with Crippen LogP contribution in [0, 0.1) is 2.88 Å². The summed E-state index contributed by atoms with van der Waals surface area (Å²) in [4.78, 5) is 12.0. The lowest BCUT2D eigenvalue weighted by molar-refractivity contribution is 0.0125. The quantitative estimate of drug-likeness (QED) is 0.799.